The monoisotopic (exact) mass is 272 g/mol. The molecule has 0 spiro atoms. The summed E-state index contributed by atoms with van der Waals surface area (Å²) in [6.45, 7) is 0. The third kappa shape index (κ3) is 4.08. The first-order valence-corrected chi connectivity index (χ1v) is 6.35. The number of hydrogen-bond acceptors (Lipinski definition) is 5. The van der Waals surface area contributed by atoms with Crippen molar-refractivity contribution in [1.29, 1.82) is 0 Å². The topological polar surface area (TPSA) is 143 Å². The number of hydrogen-bond donors (Lipinski definition) is 2. The highest BCUT2D eigenvalue weighted by Gasteiger charge is 2.19. The van der Waals surface area contributed by atoms with E-state index in [0.29, 0.717) is 5.56 Å². The number of nitrogens with two attached hydrogens (primary N) is 2. The van der Waals surface area contributed by atoms with E-state index >= 15 is 0 Å². The van der Waals surface area contributed by atoms with E-state index in [-0.39, 0.29) is 17.5 Å². The van der Waals surface area contributed by atoms with Crippen LogP contribution in [-0.4, -0.2) is 27.5 Å². The average Bonchev–Trinajstić information content (AvgIpc) is 2.27. The number of ether oxygens (including phenoxy) is 1. The number of carbonyl (C=O) groups is 1. The maximum absolute atomic E-state index is 11.3. The van der Waals surface area contributed by atoms with E-state index in [2.05, 4.69) is 4.74 Å². The number of benzene rings is 1. The van der Waals surface area contributed by atoms with Crippen molar-refractivity contribution in [2.75, 3.05) is 7.11 Å². The number of nitrogens with zero attached hydrogens (tertiary/aromatic N) is 1. The molecule has 0 amide bonds. The smallest absolute Gasteiger partial charge is 0.322 e. The van der Waals surface area contributed by atoms with Crippen LogP contribution in [0.15, 0.2) is 29.2 Å². The molecule has 0 aliphatic rings. The number of carbonyl (C=O) groups excluding carboxylic acids is 1. The second-order valence-corrected chi connectivity index (χ2v) is 5.02. The van der Waals surface area contributed by atoms with Crippen LogP contribution in [0, 0.1) is 0 Å². The van der Waals surface area contributed by atoms with Gasteiger partial charge in [0.05, 0.1) is 12.0 Å². The Morgan fingerprint density at radius 3 is 2.44 bits per heavy atom. The minimum absolute atomic E-state index is 0. The van der Waals surface area contributed by atoms with Crippen molar-refractivity contribution in [1.82, 2.24) is 6.15 Å². The quantitative estimate of drug-likeness (QED) is 0.668. The summed E-state index contributed by atoms with van der Waals surface area (Å²) in [5.74, 6) is -0.603. The molecule has 8 heteroatoms. The van der Waals surface area contributed by atoms with E-state index in [1.807, 2.05) is 0 Å². The first-order chi connectivity index (χ1) is 7.86. The van der Waals surface area contributed by atoms with Gasteiger partial charge in [0.2, 0.25) is 10.0 Å². The summed E-state index contributed by atoms with van der Waals surface area (Å²) in [6, 6.07) is 5.21. The summed E-state index contributed by atoms with van der Waals surface area (Å²) >= 11 is 0. The Labute approximate surface area is 106 Å². The minimum atomic E-state index is -3.82. The van der Waals surface area contributed by atoms with Gasteiger partial charge in [0.15, 0.2) is 0 Å². The molecule has 0 saturated heterocycles. The molecule has 1 aromatic carbocycles. The number of sulfonamides is 1. The molecule has 0 aliphatic heterocycles. The molecule has 18 heavy (non-hydrogen) atoms. The number of esters is 1. The Morgan fingerprint density at radius 1 is 1.39 bits per heavy atom. The van der Waals surface area contributed by atoms with Crippen molar-refractivity contribution in [2.24, 2.45) is 10.9 Å². The van der Waals surface area contributed by atoms with Gasteiger partial charge < -0.3 is 10.5 Å². The zero-order valence-corrected chi connectivity index (χ0v) is 10.6. The van der Waals surface area contributed by atoms with Gasteiger partial charge >= 0.3 is 5.97 Å². The summed E-state index contributed by atoms with van der Waals surface area (Å²) in [5.41, 5.74) is 5.96. The highest BCUT2D eigenvalue weighted by Crippen LogP contribution is 2.15. The van der Waals surface area contributed by atoms with Crippen LogP contribution in [-0.2, 0) is 26.0 Å². The lowest BCUT2D eigenvalue weighted by Crippen LogP contribution is -2.34. The fraction of sp³-hybridized carbons (Fsp3) is 0.300. The summed E-state index contributed by atoms with van der Waals surface area (Å²) < 4.78 is 27.1. The fourth-order valence-electron chi connectivity index (χ4n) is 1.42. The third-order valence-corrected chi connectivity index (χ3v) is 3.23. The average molecular weight is 272 g/mol. The Hall–Kier alpha value is -1.48. The number of rotatable bonds is 4. The lowest BCUT2D eigenvalue weighted by molar-refractivity contribution is -0.142. The van der Waals surface area contributed by atoms with Gasteiger partial charge in [-0.15, -0.1) is 0 Å². The van der Waals surface area contributed by atoms with Gasteiger partial charge in [-0.2, -0.15) is 0 Å². The van der Waals surface area contributed by atoms with Crippen LogP contribution >= 0.6 is 0 Å². The van der Waals surface area contributed by atoms with Crippen molar-refractivity contribution in [2.45, 2.75) is 17.4 Å². The minimum Gasteiger partial charge on any atom is -0.468 e. The van der Waals surface area contributed by atoms with Crippen molar-refractivity contribution >= 4 is 16.0 Å². The Balaban J connectivity index is 0.00000289. The molecule has 0 heterocycles. The Kier molecular flexibility index (Phi) is 5.92. The summed E-state index contributed by atoms with van der Waals surface area (Å²) in [5, 5.41) is 5.06. The summed E-state index contributed by atoms with van der Waals surface area (Å²) in [4.78, 5) is 11.1. The van der Waals surface area contributed by atoms with Gasteiger partial charge in [0.25, 0.3) is 0 Å². The molecule has 1 aromatic rings. The van der Waals surface area contributed by atoms with Crippen LogP contribution in [0.25, 0.3) is 0 Å². The Morgan fingerprint density at radius 2 is 1.94 bits per heavy atom. The zero-order valence-electron chi connectivity index (χ0n) is 9.74. The van der Waals surface area contributed by atoms with Crippen molar-refractivity contribution in [3.8, 4) is 0 Å². The molecule has 0 fully saturated rings. The molecule has 3 radical (unpaired) electrons. The lowest BCUT2D eigenvalue weighted by Gasteiger charge is -2.11. The molecule has 1 unspecified atom stereocenters. The second-order valence-electron chi connectivity index (χ2n) is 3.49. The number of primary sulfonamides is 1. The van der Waals surface area contributed by atoms with Crippen LogP contribution in [0.3, 0.4) is 0 Å². The SMILES string of the molecule is COC(=O)C(N)Cc1ccccc1S(N)(=O)=O.[N]. The van der Waals surface area contributed by atoms with Crippen LogP contribution < -0.4 is 17.0 Å². The highest BCUT2D eigenvalue weighted by atomic mass is 32.2. The van der Waals surface area contributed by atoms with Crippen molar-refractivity contribution < 1.29 is 17.9 Å². The molecule has 1 atom stereocenters. The van der Waals surface area contributed by atoms with Crippen molar-refractivity contribution in [3.05, 3.63) is 29.8 Å². The van der Waals surface area contributed by atoms with Gasteiger partial charge in [-0.3, -0.25) is 4.79 Å². The molecular formula is C10H14N3O4S. The zero-order chi connectivity index (χ0) is 13.1. The first-order valence-electron chi connectivity index (χ1n) is 4.80. The van der Waals surface area contributed by atoms with Crippen LogP contribution in [0.4, 0.5) is 0 Å². The number of methoxy groups -OCH3 is 1. The standard InChI is InChI=1S/C10H14N2O4S.N/c1-16-10(13)8(11)6-7-4-2-3-5-9(7)17(12,14)15;/h2-5,8H,6,11H2,1H3,(H2,12,14,15);. The van der Waals surface area contributed by atoms with E-state index in [1.54, 1.807) is 18.2 Å². The maximum atomic E-state index is 11.3. The van der Waals surface area contributed by atoms with Crippen LogP contribution in [0.5, 0.6) is 0 Å². The van der Waals surface area contributed by atoms with Crippen LogP contribution in [0.2, 0.25) is 0 Å². The second kappa shape index (κ2) is 6.45. The molecule has 4 N–H and O–H groups in total. The largest absolute Gasteiger partial charge is 0.468 e. The van der Waals surface area contributed by atoms with Gasteiger partial charge in [0.1, 0.15) is 6.04 Å². The predicted molar refractivity (Wildman–Crippen MR) is 63.6 cm³/mol. The molecule has 7 nitrogen and oxygen atoms in total. The van der Waals surface area contributed by atoms with Crippen molar-refractivity contribution in [3.63, 3.8) is 0 Å². The van der Waals surface area contributed by atoms with E-state index < -0.39 is 22.0 Å². The Bertz CT molecular complexity index is 516. The van der Waals surface area contributed by atoms with Crippen LogP contribution in [0.1, 0.15) is 5.56 Å². The molecule has 0 saturated carbocycles. The molecule has 1 rings (SSSR count). The molecule has 0 bridgehead atoms. The van der Waals surface area contributed by atoms with Gasteiger partial charge in [-0.1, -0.05) is 18.2 Å². The van der Waals surface area contributed by atoms with E-state index in [0.717, 1.165) is 0 Å². The first kappa shape index (κ1) is 16.5. The molecule has 0 aliphatic carbocycles. The fourth-order valence-corrected chi connectivity index (χ4v) is 2.21. The lowest BCUT2D eigenvalue weighted by atomic mass is 10.1. The summed E-state index contributed by atoms with van der Waals surface area (Å²) in [6.07, 6.45) is 0.0548. The molecule has 99 valence electrons. The normalized spacial score (nSPS) is 12.4. The van der Waals surface area contributed by atoms with Gasteiger partial charge in [0, 0.05) is 6.15 Å². The predicted octanol–water partition coefficient (Wildman–Crippen LogP) is -1.10. The maximum Gasteiger partial charge on any atom is 0.322 e. The highest BCUT2D eigenvalue weighted by molar-refractivity contribution is 7.89. The third-order valence-electron chi connectivity index (χ3n) is 2.22. The molecular weight excluding hydrogens is 258 g/mol. The van der Waals surface area contributed by atoms with E-state index in [9.17, 15) is 13.2 Å². The van der Waals surface area contributed by atoms with Gasteiger partial charge in [-0.25, -0.2) is 13.6 Å². The summed E-state index contributed by atoms with van der Waals surface area (Å²) in [7, 11) is -2.60. The molecule has 0 aromatic heterocycles. The van der Waals surface area contributed by atoms with E-state index in [4.69, 9.17) is 10.9 Å². The van der Waals surface area contributed by atoms with Gasteiger partial charge in [-0.05, 0) is 18.1 Å². The van der Waals surface area contributed by atoms with E-state index in [1.165, 1.54) is 13.2 Å².